The zero-order valence-electron chi connectivity index (χ0n) is 12.6. The molecule has 2 aliphatic rings. The molecule has 0 amide bonds. The Bertz CT molecular complexity index is 779. The molecule has 0 bridgehead atoms. The standard InChI is InChI=1S/C15H18N4O2S2/c20-23(21,13-2-1-7-16-10-13)19-8-5-12(6-9-19)15-18-17-14(22-15)11-3-4-11/h1-2,7,10-12H,3-6,8-9H2. The van der Waals surface area contributed by atoms with E-state index in [0.29, 0.717) is 24.9 Å². The van der Waals surface area contributed by atoms with Gasteiger partial charge in [0.25, 0.3) is 0 Å². The lowest BCUT2D eigenvalue weighted by atomic mass is 9.99. The number of piperidine rings is 1. The first-order valence-corrected chi connectivity index (χ1v) is 10.1. The van der Waals surface area contributed by atoms with Gasteiger partial charge >= 0.3 is 0 Å². The first-order valence-electron chi connectivity index (χ1n) is 7.88. The Labute approximate surface area is 139 Å². The summed E-state index contributed by atoms with van der Waals surface area (Å²) in [5, 5.41) is 10.9. The van der Waals surface area contributed by atoms with Crippen LogP contribution in [0.3, 0.4) is 0 Å². The summed E-state index contributed by atoms with van der Waals surface area (Å²) >= 11 is 1.71. The van der Waals surface area contributed by atoms with E-state index in [9.17, 15) is 8.42 Å². The maximum absolute atomic E-state index is 12.6. The number of hydrogen-bond acceptors (Lipinski definition) is 6. The molecule has 0 radical (unpaired) electrons. The molecule has 1 aliphatic carbocycles. The third kappa shape index (κ3) is 3.02. The number of nitrogens with zero attached hydrogens (tertiary/aromatic N) is 4. The molecule has 2 aromatic heterocycles. The van der Waals surface area contributed by atoms with Crippen LogP contribution in [-0.4, -0.2) is 41.0 Å². The van der Waals surface area contributed by atoms with Crippen LogP contribution in [-0.2, 0) is 10.0 Å². The Morgan fingerprint density at radius 2 is 1.70 bits per heavy atom. The van der Waals surface area contributed by atoms with Crippen molar-refractivity contribution < 1.29 is 8.42 Å². The zero-order chi connectivity index (χ0) is 15.9. The van der Waals surface area contributed by atoms with Gasteiger partial charge in [-0.1, -0.05) is 0 Å². The third-order valence-electron chi connectivity index (χ3n) is 4.46. The van der Waals surface area contributed by atoms with E-state index in [1.165, 1.54) is 19.0 Å². The van der Waals surface area contributed by atoms with Crippen LogP contribution in [0.4, 0.5) is 0 Å². The Hall–Kier alpha value is -1.38. The van der Waals surface area contributed by atoms with E-state index >= 15 is 0 Å². The van der Waals surface area contributed by atoms with E-state index in [0.717, 1.165) is 22.9 Å². The van der Waals surface area contributed by atoms with E-state index in [1.54, 1.807) is 34.0 Å². The monoisotopic (exact) mass is 350 g/mol. The summed E-state index contributed by atoms with van der Waals surface area (Å²) in [5.41, 5.74) is 0. The highest BCUT2D eigenvalue weighted by Crippen LogP contribution is 2.43. The van der Waals surface area contributed by atoms with Crippen LogP contribution in [0.2, 0.25) is 0 Å². The Balaban J connectivity index is 1.44. The van der Waals surface area contributed by atoms with Crippen molar-refractivity contribution in [1.82, 2.24) is 19.5 Å². The largest absolute Gasteiger partial charge is 0.263 e. The lowest BCUT2D eigenvalue weighted by molar-refractivity contribution is 0.318. The molecule has 6 nitrogen and oxygen atoms in total. The van der Waals surface area contributed by atoms with Crippen molar-refractivity contribution in [1.29, 1.82) is 0 Å². The minimum absolute atomic E-state index is 0.269. The SMILES string of the molecule is O=S(=O)(c1cccnc1)N1CCC(c2nnc(C3CC3)s2)CC1. The van der Waals surface area contributed by atoms with Crippen molar-refractivity contribution in [3.8, 4) is 0 Å². The van der Waals surface area contributed by atoms with Gasteiger partial charge in [-0.25, -0.2) is 8.42 Å². The lowest BCUT2D eigenvalue weighted by Crippen LogP contribution is -2.37. The van der Waals surface area contributed by atoms with Crippen molar-refractivity contribution in [3.63, 3.8) is 0 Å². The number of pyridine rings is 1. The smallest absolute Gasteiger partial charge is 0.244 e. The van der Waals surface area contributed by atoms with Gasteiger partial charge in [0, 0.05) is 37.3 Å². The van der Waals surface area contributed by atoms with E-state index < -0.39 is 10.0 Å². The topological polar surface area (TPSA) is 76.1 Å². The van der Waals surface area contributed by atoms with Crippen molar-refractivity contribution in [2.24, 2.45) is 0 Å². The van der Waals surface area contributed by atoms with Gasteiger partial charge < -0.3 is 0 Å². The summed E-state index contributed by atoms with van der Waals surface area (Å²) in [6.45, 7) is 1.06. The summed E-state index contributed by atoms with van der Waals surface area (Å²) < 4.78 is 26.7. The van der Waals surface area contributed by atoms with Crippen molar-refractivity contribution in [3.05, 3.63) is 34.5 Å². The Kier molecular flexibility index (Phi) is 3.90. The minimum Gasteiger partial charge on any atom is -0.263 e. The molecular formula is C15H18N4O2S2. The first kappa shape index (κ1) is 15.2. The number of hydrogen-bond donors (Lipinski definition) is 0. The normalized spacial score (nSPS) is 20.7. The molecule has 0 aromatic carbocycles. The Morgan fingerprint density at radius 1 is 1.04 bits per heavy atom. The quantitative estimate of drug-likeness (QED) is 0.846. The highest BCUT2D eigenvalue weighted by Gasteiger charge is 2.33. The second-order valence-electron chi connectivity index (χ2n) is 6.12. The van der Waals surface area contributed by atoms with Crippen LogP contribution in [0.25, 0.3) is 0 Å². The molecule has 1 saturated carbocycles. The lowest BCUT2D eigenvalue weighted by Gasteiger charge is -2.29. The molecule has 0 N–H and O–H groups in total. The highest BCUT2D eigenvalue weighted by molar-refractivity contribution is 7.89. The number of rotatable bonds is 4. The maximum Gasteiger partial charge on any atom is 0.244 e. The number of aromatic nitrogens is 3. The molecule has 1 aliphatic heterocycles. The van der Waals surface area contributed by atoms with Crippen LogP contribution in [0.15, 0.2) is 29.4 Å². The number of sulfonamides is 1. The highest BCUT2D eigenvalue weighted by atomic mass is 32.2. The second-order valence-corrected chi connectivity index (χ2v) is 9.10. The first-order chi connectivity index (χ1) is 11.1. The summed E-state index contributed by atoms with van der Waals surface area (Å²) in [7, 11) is -3.43. The van der Waals surface area contributed by atoms with E-state index in [2.05, 4.69) is 15.2 Å². The summed E-state index contributed by atoms with van der Waals surface area (Å²) in [5.74, 6) is 0.965. The average molecular weight is 350 g/mol. The predicted molar refractivity (Wildman–Crippen MR) is 86.9 cm³/mol. The average Bonchev–Trinajstić information content (AvgIpc) is 3.33. The zero-order valence-corrected chi connectivity index (χ0v) is 14.3. The molecule has 0 spiro atoms. The molecule has 8 heteroatoms. The van der Waals surface area contributed by atoms with Gasteiger partial charge in [-0.15, -0.1) is 21.5 Å². The van der Waals surface area contributed by atoms with Gasteiger partial charge in [0.1, 0.15) is 14.9 Å². The van der Waals surface area contributed by atoms with Gasteiger partial charge in [-0.05, 0) is 37.8 Å². The molecule has 2 aromatic rings. The van der Waals surface area contributed by atoms with Crippen LogP contribution in [0, 0.1) is 0 Å². The maximum atomic E-state index is 12.6. The molecule has 2 fully saturated rings. The van der Waals surface area contributed by atoms with Gasteiger partial charge in [-0.3, -0.25) is 4.98 Å². The molecule has 0 atom stereocenters. The van der Waals surface area contributed by atoms with Crippen molar-refractivity contribution in [2.45, 2.75) is 42.4 Å². The molecule has 1 saturated heterocycles. The summed E-state index contributed by atoms with van der Waals surface area (Å²) in [6, 6.07) is 3.25. The molecule has 4 rings (SSSR count). The molecule has 0 unspecified atom stereocenters. The predicted octanol–water partition coefficient (Wildman–Crippen LogP) is 2.38. The van der Waals surface area contributed by atoms with Gasteiger partial charge in [-0.2, -0.15) is 4.31 Å². The molecule has 23 heavy (non-hydrogen) atoms. The van der Waals surface area contributed by atoms with Gasteiger partial charge in [0.2, 0.25) is 10.0 Å². The van der Waals surface area contributed by atoms with E-state index in [-0.39, 0.29) is 4.90 Å². The van der Waals surface area contributed by atoms with Crippen molar-refractivity contribution in [2.75, 3.05) is 13.1 Å². The molecule has 122 valence electrons. The fraction of sp³-hybridized carbons (Fsp3) is 0.533. The third-order valence-corrected chi connectivity index (χ3v) is 7.59. The van der Waals surface area contributed by atoms with Crippen LogP contribution >= 0.6 is 11.3 Å². The summed E-state index contributed by atoms with van der Waals surface area (Å²) in [6.07, 6.45) is 7.07. The fourth-order valence-electron chi connectivity index (χ4n) is 2.90. The van der Waals surface area contributed by atoms with E-state index in [1.807, 2.05) is 0 Å². The molecule has 3 heterocycles. The fourth-order valence-corrected chi connectivity index (χ4v) is 5.52. The van der Waals surface area contributed by atoms with Crippen LogP contribution in [0.1, 0.15) is 47.5 Å². The minimum atomic E-state index is -3.43. The van der Waals surface area contributed by atoms with Crippen LogP contribution < -0.4 is 0 Å². The van der Waals surface area contributed by atoms with Gasteiger partial charge in [0.15, 0.2) is 0 Å². The molecular weight excluding hydrogens is 332 g/mol. The van der Waals surface area contributed by atoms with Gasteiger partial charge in [0.05, 0.1) is 0 Å². The van der Waals surface area contributed by atoms with E-state index in [4.69, 9.17) is 0 Å². The Morgan fingerprint density at radius 3 is 2.26 bits per heavy atom. The second kappa shape index (κ2) is 5.92. The van der Waals surface area contributed by atoms with Crippen LogP contribution in [0.5, 0.6) is 0 Å². The summed E-state index contributed by atoms with van der Waals surface area (Å²) in [4.78, 5) is 4.18. The van der Waals surface area contributed by atoms with Crippen molar-refractivity contribution >= 4 is 21.4 Å².